The number of halogens is 1. The molecule has 162 valence electrons. The number of anilines is 2. The lowest BCUT2D eigenvalue weighted by Gasteiger charge is -2.18. The molecule has 2 heterocycles. The van der Waals surface area contributed by atoms with Crippen LogP contribution in [0.15, 0.2) is 36.4 Å². The maximum absolute atomic E-state index is 12.5. The molecule has 4 rings (SSSR count). The van der Waals surface area contributed by atoms with Gasteiger partial charge in [-0.2, -0.15) is 0 Å². The number of amides is 1. The minimum Gasteiger partial charge on any atom is -0.378 e. The molecule has 2 aromatic carbocycles. The van der Waals surface area contributed by atoms with Crippen molar-refractivity contribution in [1.82, 2.24) is 24.8 Å². The fourth-order valence-electron chi connectivity index (χ4n) is 3.18. The lowest BCUT2D eigenvalue weighted by atomic mass is 10.2. The summed E-state index contributed by atoms with van der Waals surface area (Å²) in [7, 11) is 5.48. The molecule has 1 unspecified atom stereocenters. The fourth-order valence-corrected chi connectivity index (χ4v) is 4.31. The highest BCUT2D eigenvalue weighted by molar-refractivity contribution is 7.22. The SMILES string of the molecule is CN(C)C(O)CCNC(=O)c1ccc2c(c1)nc(Nc1nc3ccc(Cl)cc3s1)n2C. The second-order valence-corrected chi connectivity index (χ2v) is 8.91. The highest BCUT2D eigenvalue weighted by atomic mass is 35.5. The zero-order chi connectivity index (χ0) is 22.1. The molecule has 0 saturated carbocycles. The lowest BCUT2D eigenvalue weighted by molar-refractivity contribution is 0.0337. The van der Waals surface area contributed by atoms with Gasteiger partial charge >= 0.3 is 0 Å². The van der Waals surface area contributed by atoms with Crippen molar-refractivity contribution in [3.05, 3.63) is 47.0 Å². The number of nitrogens with one attached hydrogen (secondary N) is 2. The Morgan fingerprint density at radius 2 is 2.03 bits per heavy atom. The molecule has 1 atom stereocenters. The third kappa shape index (κ3) is 4.64. The molecule has 10 heteroatoms. The van der Waals surface area contributed by atoms with Gasteiger partial charge in [0.25, 0.3) is 5.91 Å². The summed E-state index contributed by atoms with van der Waals surface area (Å²) in [4.78, 5) is 23.4. The number of rotatable bonds is 7. The number of benzene rings is 2. The average Bonchev–Trinajstić information content (AvgIpc) is 3.27. The first-order valence-electron chi connectivity index (χ1n) is 9.74. The van der Waals surface area contributed by atoms with Crippen molar-refractivity contribution in [2.45, 2.75) is 12.6 Å². The number of aliphatic hydroxyl groups excluding tert-OH is 1. The first kappa shape index (κ1) is 21.5. The summed E-state index contributed by atoms with van der Waals surface area (Å²) in [5.74, 6) is 0.433. The highest BCUT2D eigenvalue weighted by Crippen LogP contribution is 2.31. The Hall–Kier alpha value is -2.72. The molecule has 0 bridgehead atoms. The van der Waals surface area contributed by atoms with Crippen molar-refractivity contribution >= 4 is 61.2 Å². The predicted molar refractivity (Wildman–Crippen MR) is 125 cm³/mol. The van der Waals surface area contributed by atoms with Crippen LogP contribution in [0.2, 0.25) is 5.02 Å². The Bertz CT molecular complexity index is 1250. The van der Waals surface area contributed by atoms with E-state index in [1.165, 1.54) is 11.3 Å². The monoisotopic (exact) mass is 458 g/mol. The second kappa shape index (κ2) is 8.80. The summed E-state index contributed by atoms with van der Waals surface area (Å²) < 4.78 is 2.91. The van der Waals surface area contributed by atoms with E-state index in [-0.39, 0.29) is 5.91 Å². The fraction of sp³-hybridized carbons (Fsp3) is 0.286. The van der Waals surface area contributed by atoms with E-state index in [4.69, 9.17) is 11.6 Å². The summed E-state index contributed by atoms with van der Waals surface area (Å²) in [5, 5.41) is 17.3. The molecule has 31 heavy (non-hydrogen) atoms. The van der Waals surface area contributed by atoms with E-state index < -0.39 is 6.23 Å². The van der Waals surface area contributed by atoms with Gasteiger partial charge < -0.3 is 20.3 Å². The van der Waals surface area contributed by atoms with Crippen LogP contribution in [0.1, 0.15) is 16.8 Å². The van der Waals surface area contributed by atoms with Gasteiger partial charge in [0, 0.05) is 30.6 Å². The molecule has 0 fully saturated rings. The average molecular weight is 459 g/mol. The largest absolute Gasteiger partial charge is 0.378 e. The van der Waals surface area contributed by atoms with Gasteiger partial charge in [-0.1, -0.05) is 22.9 Å². The molecule has 0 spiro atoms. The van der Waals surface area contributed by atoms with Gasteiger partial charge in [0.1, 0.15) is 6.23 Å². The summed E-state index contributed by atoms with van der Waals surface area (Å²) in [5.41, 5.74) is 2.99. The normalized spacial score (nSPS) is 12.6. The van der Waals surface area contributed by atoms with Gasteiger partial charge in [-0.25, -0.2) is 9.97 Å². The molecule has 3 N–H and O–H groups in total. The number of carbonyl (C=O) groups excluding carboxylic acids is 1. The van der Waals surface area contributed by atoms with Gasteiger partial charge in [-0.05, 0) is 50.5 Å². The van der Waals surface area contributed by atoms with Crippen molar-refractivity contribution in [3.63, 3.8) is 0 Å². The molecule has 0 aliphatic carbocycles. The number of fused-ring (bicyclic) bond motifs is 2. The summed E-state index contributed by atoms with van der Waals surface area (Å²) in [6.45, 7) is 0.382. The van der Waals surface area contributed by atoms with Crippen LogP contribution in [-0.2, 0) is 7.05 Å². The number of aliphatic hydroxyl groups is 1. The standard InChI is InChI=1S/C21H23ClN6O2S/c1-27(2)18(29)8-9-23-19(30)12-4-7-16-15(10-12)24-20(28(16)3)26-21-25-14-6-5-13(22)11-17(14)31-21/h4-7,10-11,18,29H,8-9H2,1-3H3,(H,23,30)(H,24,25,26). The van der Waals surface area contributed by atoms with Crippen LogP contribution >= 0.6 is 22.9 Å². The van der Waals surface area contributed by atoms with Crippen LogP contribution in [-0.4, -0.2) is 57.3 Å². The molecule has 4 aromatic rings. The number of aryl methyl sites for hydroxylation is 1. The minimum absolute atomic E-state index is 0.198. The van der Waals surface area contributed by atoms with Gasteiger partial charge in [0.15, 0.2) is 5.13 Å². The Morgan fingerprint density at radius 1 is 1.23 bits per heavy atom. The lowest BCUT2D eigenvalue weighted by Crippen LogP contribution is -2.33. The number of carbonyl (C=O) groups is 1. The summed E-state index contributed by atoms with van der Waals surface area (Å²) in [6.07, 6.45) is -0.141. The van der Waals surface area contributed by atoms with E-state index >= 15 is 0 Å². The van der Waals surface area contributed by atoms with Gasteiger partial charge in [0.05, 0.1) is 21.3 Å². The van der Waals surface area contributed by atoms with Crippen LogP contribution in [0.4, 0.5) is 11.1 Å². The number of hydrogen-bond donors (Lipinski definition) is 3. The van der Waals surface area contributed by atoms with Crippen LogP contribution in [0.5, 0.6) is 0 Å². The quantitative estimate of drug-likeness (QED) is 0.366. The first-order chi connectivity index (χ1) is 14.8. The maximum Gasteiger partial charge on any atom is 0.251 e. The van der Waals surface area contributed by atoms with Crippen molar-refractivity contribution in [2.75, 3.05) is 26.0 Å². The van der Waals surface area contributed by atoms with Crippen molar-refractivity contribution < 1.29 is 9.90 Å². The number of hydrogen-bond acceptors (Lipinski definition) is 7. The highest BCUT2D eigenvalue weighted by Gasteiger charge is 2.14. The predicted octanol–water partition coefficient (Wildman–Crippen LogP) is 3.58. The zero-order valence-corrected chi connectivity index (χ0v) is 19.0. The number of aromatic nitrogens is 3. The summed E-state index contributed by atoms with van der Waals surface area (Å²) in [6, 6.07) is 11.0. The van der Waals surface area contributed by atoms with Gasteiger partial charge in [0.2, 0.25) is 5.95 Å². The molecule has 0 aliphatic heterocycles. The van der Waals surface area contributed by atoms with Crippen LogP contribution in [0.3, 0.4) is 0 Å². The van der Waals surface area contributed by atoms with Crippen molar-refractivity contribution in [1.29, 1.82) is 0 Å². The number of thiazole rings is 1. The third-order valence-corrected chi connectivity index (χ3v) is 6.17. The Kier molecular flexibility index (Phi) is 6.10. The van der Waals surface area contributed by atoms with Crippen molar-refractivity contribution in [2.24, 2.45) is 7.05 Å². The number of nitrogens with zero attached hydrogens (tertiary/aromatic N) is 4. The van der Waals surface area contributed by atoms with E-state index in [2.05, 4.69) is 20.6 Å². The molecule has 2 aromatic heterocycles. The summed E-state index contributed by atoms with van der Waals surface area (Å²) >= 11 is 7.56. The molecular formula is C21H23ClN6O2S. The smallest absolute Gasteiger partial charge is 0.251 e. The zero-order valence-electron chi connectivity index (χ0n) is 17.4. The van der Waals surface area contributed by atoms with E-state index in [1.807, 2.05) is 35.9 Å². The Morgan fingerprint density at radius 3 is 2.81 bits per heavy atom. The third-order valence-electron chi connectivity index (χ3n) is 5.00. The van der Waals surface area contributed by atoms with Crippen LogP contribution < -0.4 is 10.6 Å². The van der Waals surface area contributed by atoms with Crippen molar-refractivity contribution in [3.8, 4) is 0 Å². The Balaban J connectivity index is 1.51. The van der Waals surface area contributed by atoms with E-state index in [9.17, 15) is 9.90 Å². The Labute approximate surface area is 188 Å². The second-order valence-electron chi connectivity index (χ2n) is 7.44. The molecule has 8 nitrogen and oxygen atoms in total. The molecule has 0 saturated heterocycles. The van der Waals surface area contributed by atoms with E-state index in [1.54, 1.807) is 31.1 Å². The first-order valence-corrected chi connectivity index (χ1v) is 10.9. The van der Waals surface area contributed by atoms with E-state index in [0.717, 1.165) is 15.7 Å². The topological polar surface area (TPSA) is 95.3 Å². The van der Waals surface area contributed by atoms with E-state index in [0.29, 0.717) is 40.1 Å². The van der Waals surface area contributed by atoms with Crippen LogP contribution in [0.25, 0.3) is 21.3 Å². The molecule has 0 aliphatic rings. The maximum atomic E-state index is 12.5. The number of imidazole rings is 1. The van der Waals surface area contributed by atoms with Gasteiger partial charge in [-0.3, -0.25) is 9.69 Å². The molecule has 1 amide bonds. The van der Waals surface area contributed by atoms with Crippen LogP contribution in [0, 0.1) is 0 Å². The van der Waals surface area contributed by atoms with Gasteiger partial charge in [-0.15, -0.1) is 0 Å². The molecular weight excluding hydrogens is 436 g/mol. The molecule has 0 radical (unpaired) electrons. The minimum atomic E-state index is -0.592.